The van der Waals surface area contributed by atoms with Crippen molar-refractivity contribution in [3.05, 3.63) is 34.7 Å². The van der Waals surface area contributed by atoms with Crippen LogP contribution in [0.3, 0.4) is 0 Å². The van der Waals surface area contributed by atoms with Gasteiger partial charge in [-0.2, -0.15) is 0 Å². The number of hydrogen-bond acceptors (Lipinski definition) is 5. The van der Waals surface area contributed by atoms with Crippen molar-refractivity contribution in [2.45, 2.75) is 6.92 Å². The molecule has 3 amide bonds. The predicted molar refractivity (Wildman–Crippen MR) is 81.2 cm³/mol. The molecule has 0 saturated carbocycles. The molecule has 1 aliphatic rings. The molecule has 1 aliphatic heterocycles. The Morgan fingerprint density at radius 1 is 1.39 bits per heavy atom. The van der Waals surface area contributed by atoms with Crippen LogP contribution in [-0.2, 0) is 14.4 Å². The summed E-state index contributed by atoms with van der Waals surface area (Å²) in [5, 5.41) is 13.6. The van der Waals surface area contributed by atoms with Gasteiger partial charge in [0.05, 0.1) is 23.9 Å². The predicted octanol–water partition coefficient (Wildman–Crippen LogP) is 1.09. The zero-order chi connectivity index (χ0) is 17.1. The van der Waals surface area contributed by atoms with Gasteiger partial charge in [-0.15, -0.1) is 0 Å². The molecule has 0 bridgehead atoms. The Morgan fingerprint density at radius 2 is 2.09 bits per heavy atom. The number of nitrogens with one attached hydrogen (secondary N) is 2. The number of β-amino-alcohol motifs (C(OH)–C–C–N with tert-alkyl or cyclic N) is 1. The van der Waals surface area contributed by atoms with Crippen LogP contribution in [0.2, 0.25) is 5.02 Å². The summed E-state index contributed by atoms with van der Waals surface area (Å²) >= 11 is 5.90. The van der Waals surface area contributed by atoms with Crippen molar-refractivity contribution in [1.29, 1.82) is 0 Å². The molecule has 1 aromatic rings. The van der Waals surface area contributed by atoms with Crippen molar-refractivity contribution >= 4 is 40.7 Å². The minimum absolute atomic E-state index is 0.0627. The first-order chi connectivity index (χ1) is 10.8. The lowest BCUT2D eigenvalue weighted by molar-refractivity contribution is -0.137. The number of anilines is 2. The molecule has 0 unspecified atom stereocenters. The molecular weight excluding hydrogens is 329 g/mol. The largest absolute Gasteiger partial charge is 0.395 e. The average molecular weight is 342 g/mol. The minimum Gasteiger partial charge on any atom is -0.395 e. The van der Waals surface area contributed by atoms with Gasteiger partial charge in [-0.3, -0.25) is 19.3 Å². The van der Waals surface area contributed by atoms with Crippen LogP contribution in [0.15, 0.2) is 23.9 Å². The van der Waals surface area contributed by atoms with Crippen molar-refractivity contribution in [3.8, 4) is 0 Å². The monoisotopic (exact) mass is 341 g/mol. The topological polar surface area (TPSA) is 98.7 Å². The molecule has 2 rings (SSSR count). The second kappa shape index (κ2) is 6.76. The highest BCUT2D eigenvalue weighted by atomic mass is 35.5. The molecule has 0 saturated heterocycles. The Hall–Kier alpha value is -2.45. The maximum Gasteiger partial charge on any atom is 0.277 e. The van der Waals surface area contributed by atoms with E-state index < -0.39 is 23.5 Å². The molecular formula is C14H13ClFN3O4. The van der Waals surface area contributed by atoms with Gasteiger partial charge in [-0.05, 0) is 12.1 Å². The zero-order valence-electron chi connectivity index (χ0n) is 12.0. The number of carbonyl (C=O) groups is 3. The van der Waals surface area contributed by atoms with E-state index >= 15 is 0 Å². The summed E-state index contributed by atoms with van der Waals surface area (Å²) in [4.78, 5) is 35.4. The number of hydrogen-bond donors (Lipinski definition) is 3. The van der Waals surface area contributed by atoms with Crippen molar-refractivity contribution in [2.75, 3.05) is 23.8 Å². The molecule has 0 radical (unpaired) electrons. The maximum atomic E-state index is 14.0. The van der Waals surface area contributed by atoms with Crippen LogP contribution >= 0.6 is 11.6 Å². The van der Waals surface area contributed by atoms with E-state index in [2.05, 4.69) is 10.6 Å². The summed E-state index contributed by atoms with van der Waals surface area (Å²) in [5.74, 6) is -2.48. The number of rotatable bonds is 5. The number of imide groups is 1. The van der Waals surface area contributed by atoms with E-state index in [1.807, 2.05) is 0 Å². The molecule has 1 heterocycles. The Bertz CT molecular complexity index is 697. The number of carbonyl (C=O) groups excluding carboxylic acids is 3. The van der Waals surface area contributed by atoms with E-state index in [0.29, 0.717) is 0 Å². The number of aliphatic hydroxyl groups excluding tert-OH is 1. The van der Waals surface area contributed by atoms with Crippen LogP contribution in [0.1, 0.15) is 6.92 Å². The molecule has 3 N–H and O–H groups in total. The van der Waals surface area contributed by atoms with E-state index in [-0.39, 0.29) is 35.2 Å². The maximum absolute atomic E-state index is 14.0. The summed E-state index contributed by atoms with van der Waals surface area (Å²) in [7, 11) is 0. The number of aliphatic hydroxyl groups is 1. The van der Waals surface area contributed by atoms with Gasteiger partial charge in [0.25, 0.3) is 11.8 Å². The fraction of sp³-hybridized carbons (Fsp3) is 0.214. The molecule has 0 aliphatic carbocycles. The fourth-order valence-corrected chi connectivity index (χ4v) is 2.26. The normalized spacial score (nSPS) is 14.1. The highest BCUT2D eigenvalue weighted by Crippen LogP contribution is 2.30. The van der Waals surface area contributed by atoms with Gasteiger partial charge in [0.2, 0.25) is 5.91 Å². The SMILES string of the molecule is CC(=O)Nc1c(F)cc(NC2=CC(=O)N(CCO)C2=O)cc1Cl. The molecule has 9 heteroatoms. The Morgan fingerprint density at radius 3 is 2.65 bits per heavy atom. The first-order valence-corrected chi connectivity index (χ1v) is 6.93. The molecule has 0 fully saturated rings. The van der Waals surface area contributed by atoms with Gasteiger partial charge < -0.3 is 15.7 Å². The van der Waals surface area contributed by atoms with Crippen LogP contribution < -0.4 is 10.6 Å². The highest BCUT2D eigenvalue weighted by Gasteiger charge is 2.30. The van der Waals surface area contributed by atoms with Gasteiger partial charge in [-0.25, -0.2) is 4.39 Å². The van der Waals surface area contributed by atoms with Crippen LogP contribution in [0.25, 0.3) is 0 Å². The summed E-state index contributed by atoms with van der Waals surface area (Å²) in [6.07, 6.45) is 1.05. The first kappa shape index (κ1) is 16.9. The summed E-state index contributed by atoms with van der Waals surface area (Å²) in [5.41, 5.74) is -0.0968. The quantitative estimate of drug-likeness (QED) is 0.696. The third-order valence-electron chi connectivity index (χ3n) is 2.96. The second-order valence-corrected chi connectivity index (χ2v) is 5.10. The van der Waals surface area contributed by atoms with Crippen molar-refractivity contribution in [2.24, 2.45) is 0 Å². The Kier molecular flexibility index (Phi) is 4.97. The Labute approximate surface area is 135 Å². The van der Waals surface area contributed by atoms with Gasteiger partial charge in [0.1, 0.15) is 11.5 Å². The van der Waals surface area contributed by atoms with Gasteiger partial charge >= 0.3 is 0 Å². The lowest BCUT2D eigenvalue weighted by Crippen LogP contribution is -2.34. The molecule has 23 heavy (non-hydrogen) atoms. The van der Waals surface area contributed by atoms with Gasteiger partial charge in [0, 0.05) is 18.7 Å². The van der Waals surface area contributed by atoms with E-state index in [4.69, 9.17) is 16.7 Å². The number of halogens is 2. The molecule has 122 valence electrons. The van der Waals surface area contributed by atoms with Crippen LogP contribution in [0.4, 0.5) is 15.8 Å². The highest BCUT2D eigenvalue weighted by molar-refractivity contribution is 6.34. The molecule has 0 spiro atoms. The van der Waals surface area contributed by atoms with Crippen LogP contribution in [-0.4, -0.2) is 40.9 Å². The standard InChI is InChI=1S/C14H13ClFN3O4/c1-7(21)17-13-9(15)4-8(5-10(13)16)18-11-6-12(22)19(2-3-20)14(11)23/h4-6,18,20H,2-3H2,1H3,(H,17,21). The third-order valence-corrected chi connectivity index (χ3v) is 3.25. The first-order valence-electron chi connectivity index (χ1n) is 6.55. The average Bonchev–Trinajstić information content (AvgIpc) is 2.71. The summed E-state index contributed by atoms with van der Waals surface area (Å²) in [6.45, 7) is 0.728. The molecule has 7 nitrogen and oxygen atoms in total. The lowest BCUT2D eigenvalue weighted by atomic mass is 10.2. The van der Waals surface area contributed by atoms with Crippen molar-refractivity contribution in [1.82, 2.24) is 4.90 Å². The second-order valence-electron chi connectivity index (χ2n) is 4.70. The van der Waals surface area contributed by atoms with Crippen molar-refractivity contribution < 1.29 is 23.9 Å². The number of benzene rings is 1. The van der Waals surface area contributed by atoms with Gasteiger partial charge in [-0.1, -0.05) is 11.6 Å². The third kappa shape index (κ3) is 3.66. The molecule has 1 aromatic carbocycles. The Balaban J connectivity index is 2.22. The minimum atomic E-state index is -0.792. The lowest BCUT2D eigenvalue weighted by Gasteiger charge is -2.14. The number of nitrogens with zero attached hydrogens (tertiary/aromatic N) is 1. The van der Waals surface area contributed by atoms with E-state index in [1.165, 1.54) is 13.0 Å². The van der Waals surface area contributed by atoms with Crippen LogP contribution in [0, 0.1) is 5.82 Å². The smallest absolute Gasteiger partial charge is 0.277 e. The van der Waals surface area contributed by atoms with E-state index in [9.17, 15) is 18.8 Å². The van der Waals surface area contributed by atoms with Gasteiger partial charge in [0.15, 0.2) is 0 Å². The van der Waals surface area contributed by atoms with Crippen LogP contribution in [0.5, 0.6) is 0 Å². The van der Waals surface area contributed by atoms with E-state index in [0.717, 1.165) is 17.0 Å². The molecule has 0 aromatic heterocycles. The summed E-state index contributed by atoms with van der Waals surface area (Å²) < 4.78 is 14.0. The zero-order valence-corrected chi connectivity index (χ0v) is 12.8. The fourth-order valence-electron chi connectivity index (χ4n) is 2.01. The summed E-state index contributed by atoms with van der Waals surface area (Å²) in [6, 6.07) is 2.34. The number of amides is 3. The van der Waals surface area contributed by atoms with E-state index in [1.54, 1.807) is 0 Å². The molecule has 0 atom stereocenters. The van der Waals surface area contributed by atoms with Crippen molar-refractivity contribution in [3.63, 3.8) is 0 Å².